The van der Waals surface area contributed by atoms with Gasteiger partial charge in [0, 0.05) is 12.8 Å². The van der Waals surface area contributed by atoms with Gasteiger partial charge in [-0.25, -0.2) is 0 Å². The molecule has 86 heavy (non-hydrogen) atoms. The zero-order chi connectivity index (χ0) is 61.9. The van der Waals surface area contributed by atoms with Crippen molar-refractivity contribution in [2.45, 2.75) is 380 Å². The largest absolute Gasteiger partial charge is 0.462 e. The standard InChI is InChI=1S/C81H142O5/c1-3-5-7-9-11-13-15-17-19-21-23-25-27-29-31-33-35-37-38-39-40-41-42-44-45-47-49-51-53-55-57-59-61-63-65-67-69-71-73-75-80(83)85-78-79(77-82)86-81(84)76-74-72-70-68-66-64-62-60-58-56-54-52-50-48-46-43-36-34-32-30-28-26-24-22-20-18-16-14-12-10-8-6-4-2/h6,8,12,14,18,20,24,26,30,32,36,43,48,50,54,56,60,62,79,82H,3-5,7,9-11,13,15-17,19,21-23,25,27-29,31,33-35,37-42,44-47,49,51-53,55,57-59,61,63-78H2,1-2H3/b8-6-,14-12-,20-18-,26-24-,32-30-,43-36-,50-48-,56-54-,62-60-. The fourth-order valence-corrected chi connectivity index (χ4v) is 11.0. The molecule has 0 radical (unpaired) electrons. The van der Waals surface area contributed by atoms with Crippen LogP contribution in [0.4, 0.5) is 0 Å². The number of carbonyl (C=O) groups is 2. The first-order valence-electron chi connectivity index (χ1n) is 37.4. The molecule has 0 aromatic rings. The Labute approximate surface area is 535 Å². The first kappa shape index (κ1) is 82.6. The summed E-state index contributed by atoms with van der Waals surface area (Å²) in [5.74, 6) is -0.604. The first-order chi connectivity index (χ1) is 42.6. The van der Waals surface area contributed by atoms with Gasteiger partial charge < -0.3 is 14.6 Å². The van der Waals surface area contributed by atoms with Crippen molar-refractivity contribution in [2.24, 2.45) is 0 Å². The molecular formula is C81H142O5. The van der Waals surface area contributed by atoms with E-state index in [2.05, 4.69) is 123 Å². The molecule has 0 aromatic carbocycles. The smallest absolute Gasteiger partial charge is 0.306 e. The number of allylic oxidation sites excluding steroid dienone is 18. The molecule has 1 unspecified atom stereocenters. The molecule has 0 heterocycles. The van der Waals surface area contributed by atoms with Gasteiger partial charge >= 0.3 is 11.9 Å². The molecule has 0 aliphatic carbocycles. The molecule has 0 aliphatic rings. The molecule has 0 aliphatic heterocycles. The lowest BCUT2D eigenvalue weighted by atomic mass is 10.0. The van der Waals surface area contributed by atoms with Crippen LogP contribution in [0.25, 0.3) is 0 Å². The van der Waals surface area contributed by atoms with Crippen LogP contribution >= 0.6 is 0 Å². The summed E-state index contributed by atoms with van der Waals surface area (Å²) < 4.78 is 10.8. The summed E-state index contributed by atoms with van der Waals surface area (Å²) in [5, 5.41) is 9.71. The van der Waals surface area contributed by atoms with E-state index in [4.69, 9.17) is 9.47 Å². The summed E-state index contributed by atoms with van der Waals surface area (Å²) in [6.07, 6.45) is 110. The van der Waals surface area contributed by atoms with Gasteiger partial charge in [0.25, 0.3) is 0 Å². The predicted molar refractivity (Wildman–Crippen MR) is 380 cm³/mol. The maximum atomic E-state index is 12.4. The average molecular weight is 1200 g/mol. The zero-order valence-corrected chi connectivity index (χ0v) is 57.1. The third kappa shape index (κ3) is 73.0. The molecule has 0 amide bonds. The fourth-order valence-electron chi connectivity index (χ4n) is 11.0. The highest BCUT2D eigenvalue weighted by Crippen LogP contribution is 2.19. The minimum atomic E-state index is -0.791. The Morgan fingerprint density at radius 2 is 0.500 bits per heavy atom. The van der Waals surface area contributed by atoms with Crippen LogP contribution in [-0.2, 0) is 19.1 Å². The molecule has 0 fully saturated rings. The van der Waals surface area contributed by atoms with Crippen molar-refractivity contribution in [2.75, 3.05) is 13.2 Å². The van der Waals surface area contributed by atoms with E-state index < -0.39 is 6.10 Å². The Balaban J connectivity index is 3.47. The van der Waals surface area contributed by atoms with Gasteiger partial charge in [-0.2, -0.15) is 0 Å². The molecule has 0 spiro atoms. The highest BCUT2D eigenvalue weighted by molar-refractivity contribution is 5.70. The third-order valence-corrected chi connectivity index (χ3v) is 16.6. The Morgan fingerprint density at radius 1 is 0.279 bits per heavy atom. The van der Waals surface area contributed by atoms with Crippen LogP contribution in [0.1, 0.15) is 373 Å². The number of rotatable bonds is 69. The Kier molecular flexibility index (Phi) is 72.8. The van der Waals surface area contributed by atoms with Gasteiger partial charge in [0.2, 0.25) is 0 Å². The molecule has 0 saturated carbocycles. The molecule has 5 heteroatoms. The van der Waals surface area contributed by atoms with E-state index in [1.54, 1.807) is 0 Å². The van der Waals surface area contributed by atoms with Gasteiger partial charge in [-0.05, 0) is 83.5 Å². The second-order valence-electron chi connectivity index (χ2n) is 25.0. The maximum Gasteiger partial charge on any atom is 0.306 e. The van der Waals surface area contributed by atoms with Crippen LogP contribution < -0.4 is 0 Å². The summed E-state index contributed by atoms with van der Waals surface area (Å²) in [6.45, 7) is 4.05. The number of esters is 2. The van der Waals surface area contributed by atoms with Gasteiger partial charge in [-0.1, -0.05) is 386 Å². The quantitative estimate of drug-likeness (QED) is 0.0373. The predicted octanol–water partition coefficient (Wildman–Crippen LogP) is 26.3. The van der Waals surface area contributed by atoms with Crippen molar-refractivity contribution in [3.05, 3.63) is 109 Å². The Hall–Kier alpha value is -3.44. The molecule has 0 aromatic heterocycles. The van der Waals surface area contributed by atoms with Crippen LogP contribution in [0, 0.1) is 0 Å². The van der Waals surface area contributed by atoms with Gasteiger partial charge in [-0.15, -0.1) is 0 Å². The summed E-state index contributed by atoms with van der Waals surface area (Å²) in [4.78, 5) is 24.7. The molecule has 1 N–H and O–H groups in total. The molecular weight excluding hydrogens is 1050 g/mol. The van der Waals surface area contributed by atoms with E-state index in [1.165, 1.54) is 231 Å². The summed E-state index contributed by atoms with van der Waals surface area (Å²) in [7, 11) is 0. The SMILES string of the molecule is CC/C=C\C/C=C\C/C=C\C/C=C\C/C=C\C/C=C\C/C=C\C/C=C\C/C=C\CCCCCCCC(=O)OC(CO)COC(=O)CCCCCCCCCCCCCCCCCCCCCCCCCCCCCCCCCCCCCCCCC. The fraction of sp³-hybridized carbons (Fsp3) is 0.753. The van der Waals surface area contributed by atoms with Crippen molar-refractivity contribution >= 4 is 11.9 Å². The number of aliphatic hydroxyl groups is 1. The third-order valence-electron chi connectivity index (χ3n) is 16.6. The van der Waals surface area contributed by atoms with Crippen molar-refractivity contribution in [3.8, 4) is 0 Å². The second-order valence-corrected chi connectivity index (χ2v) is 25.0. The van der Waals surface area contributed by atoms with E-state index in [9.17, 15) is 14.7 Å². The molecule has 0 saturated heterocycles. The van der Waals surface area contributed by atoms with Crippen molar-refractivity contribution in [1.29, 1.82) is 0 Å². The Morgan fingerprint density at radius 3 is 0.756 bits per heavy atom. The highest BCUT2D eigenvalue weighted by atomic mass is 16.6. The topological polar surface area (TPSA) is 72.8 Å². The summed E-state index contributed by atoms with van der Waals surface area (Å²) >= 11 is 0. The van der Waals surface area contributed by atoms with E-state index in [-0.39, 0.29) is 25.2 Å². The van der Waals surface area contributed by atoms with Crippen molar-refractivity contribution in [3.63, 3.8) is 0 Å². The van der Waals surface area contributed by atoms with Gasteiger partial charge in [0.05, 0.1) is 6.61 Å². The van der Waals surface area contributed by atoms with Crippen molar-refractivity contribution in [1.82, 2.24) is 0 Å². The number of hydrogen-bond acceptors (Lipinski definition) is 5. The molecule has 1 atom stereocenters. The van der Waals surface area contributed by atoms with E-state index in [0.29, 0.717) is 12.8 Å². The summed E-state index contributed by atoms with van der Waals surface area (Å²) in [6, 6.07) is 0. The number of unbranched alkanes of at least 4 members (excludes halogenated alkanes) is 43. The lowest BCUT2D eigenvalue weighted by Gasteiger charge is -2.15. The highest BCUT2D eigenvalue weighted by Gasteiger charge is 2.16. The van der Waals surface area contributed by atoms with E-state index in [0.717, 1.165) is 116 Å². The van der Waals surface area contributed by atoms with E-state index >= 15 is 0 Å². The number of ether oxygens (including phenoxy) is 2. The van der Waals surface area contributed by atoms with Crippen molar-refractivity contribution < 1.29 is 24.2 Å². The van der Waals surface area contributed by atoms with E-state index in [1.807, 2.05) is 0 Å². The zero-order valence-electron chi connectivity index (χ0n) is 57.1. The molecule has 5 nitrogen and oxygen atoms in total. The second kappa shape index (κ2) is 75.8. The van der Waals surface area contributed by atoms with Crippen LogP contribution in [0.2, 0.25) is 0 Å². The van der Waals surface area contributed by atoms with Crippen LogP contribution in [0.15, 0.2) is 109 Å². The number of hydrogen-bond donors (Lipinski definition) is 1. The minimum Gasteiger partial charge on any atom is -0.462 e. The van der Waals surface area contributed by atoms with Gasteiger partial charge in [0.1, 0.15) is 6.61 Å². The minimum absolute atomic E-state index is 0.0765. The maximum absolute atomic E-state index is 12.4. The monoisotopic (exact) mass is 1200 g/mol. The summed E-state index contributed by atoms with van der Waals surface area (Å²) in [5.41, 5.74) is 0. The number of aliphatic hydroxyl groups excluding tert-OH is 1. The lowest BCUT2D eigenvalue weighted by molar-refractivity contribution is -0.161. The van der Waals surface area contributed by atoms with Crippen LogP contribution in [0.3, 0.4) is 0 Å². The van der Waals surface area contributed by atoms with Crippen LogP contribution in [0.5, 0.6) is 0 Å². The Bertz CT molecular complexity index is 1640. The van der Waals surface area contributed by atoms with Crippen LogP contribution in [-0.4, -0.2) is 36.4 Å². The first-order valence-corrected chi connectivity index (χ1v) is 37.4. The molecule has 0 bridgehead atoms. The van der Waals surface area contributed by atoms with Gasteiger partial charge in [-0.3, -0.25) is 9.59 Å². The average Bonchev–Trinajstić information content (AvgIpc) is 3.55. The normalized spacial score (nSPS) is 12.8. The van der Waals surface area contributed by atoms with Gasteiger partial charge in [0.15, 0.2) is 6.10 Å². The number of carbonyl (C=O) groups excluding carboxylic acids is 2. The molecule has 0 rings (SSSR count). The molecule has 496 valence electrons. The lowest BCUT2D eigenvalue weighted by Crippen LogP contribution is -2.28.